The van der Waals surface area contributed by atoms with E-state index in [1.165, 1.54) is 12.1 Å². The molecular weight excluding hydrogens is 323 g/mol. The van der Waals surface area contributed by atoms with Crippen LogP contribution in [0.15, 0.2) is 34.8 Å². The molecule has 2 aromatic carbocycles. The summed E-state index contributed by atoms with van der Waals surface area (Å²) in [7, 11) is 0. The van der Waals surface area contributed by atoms with Gasteiger partial charge in [0.25, 0.3) is 5.91 Å². The number of rotatable bonds is 2. The fraction of sp³-hybridized carbons (Fsp3) is 0.133. The molecule has 0 aromatic heterocycles. The van der Waals surface area contributed by atoms with E-state index in [9.17, 15) is 9.18 Å². The molecule has 104 valence electrons. The van der Waals surface area contributed by atoms with Crippen molar-refractivity contribution in [2.45, 2.75) is 13.8 Å². The van der Waals surface area contributed by atoms with Crippen molar-refractivity contribution in [3.8, 4) is 0 Å². The van der Waals surface area contributed by atoms with Gasteiger partial charge in [-0.2, -0.15) is 0 Å². The maximum atomic E-state index is 13.8. The third-order valence-corrected chi connectivity index (χ3v) is 3.40. The van der Waals surface area contributed by atoms with Crippen molar-refractivity contribution in [2.75, 3.05) is 11.1 Å². The molecule has 1 amide bonds. The summed E-state index contributed by atoms with van der Waals surface area (Å²) in [6.07, 6.45) is 0. The van der Waals surface area contributed by atoms with Crippen LogP contribution in [0.4, 0.5) is 15.8 Å². The van der Waals surface area contributed by atoms with Crippen LogP contribution in [0.25, 0.3) is 0 Å². The van der Waals surface area contributed by atoms with Gasteiger partial charge in [0.05, 0.1) is 16.9 Å². The lowest BCUT2D eigenvalue weighted by Crippen LogP contribution is -2.16. The maximum Gasteiger partial charge on any atom is 0.258 e. The van der Waals surface area contributed by atoms with Crippen molar-refractivity contribution in [3.05, 3.63) is 57.3 Å². The molecule has 0 atom stereocenters. The second-order valence-electron chi connectivity index (χ2n) is 4.62. The number of nitrogens with two attached hydrogens (primary N) is 1. The first-order chi connectivity index (χ1) is 9.38. The van der Waals surface area contributed by atoms with E-state index in [0.29, 0.717) is 11.4 Å². The summed E-state index contributed by atoms with van der Waals surface area (Å²) in [5, 5.41) is 2.66. The molecule has 0 aliphatic carbocycles. The first-order valence-electron chi connectivity index (χ1n) is 6.01. The van der Waals surface area contributed by atoms with Crippen LogP contribution in [0.1, 0.15) is 21.5 Å². The number of amides is 1. The minimum Gasteiger partial charge on any atom is -0.397 e. The number of carbonyl (C=O) groups is 1. The first kappa shape index (κ1) is 14.5. The Labute approximate surface area is 125 Å². The number of anilines is 2. The highest BCUT2D eigenvalue weighted by atomic mass is 79.9. The molecule has 2 aromatic rings. The summed E-state index contributed by atoms with van der Waals surface area (Å²) in [6.45, 7) is 3.59. The lowest BCUT2D eigenvalue weighted by molar-refractivity contribution is 0.102. The molecule has 0 aliphatic heterocycles. The van der Waals surface area contributed by atoms with Crippen molar-refractivity contribution in [1.82, 2.24) is 0 Å². The predicted octanol–water partition coefficient (Wildman–Crippen LogP) is 4.04. The Morgan fingerprint density at radius 2 is 1.95 bits per heavy atom. The molecule has 0 heterocycles. The third kappa shape index (κ3) is 2.99. The molecule has 2 rings (SSSR count). The number of hydrogen-bond acceptors (Lipinski definition) is 2. The molecule has 0 unspecified atom stereocenters. The standard InChI is InChI=1S/C15H14BrFN2O/c1-8-3-4-11(12(17)5-8)15(20)19-14-9(2)6-10(16)7-13(14)18/h3-7H,18H2,1-2H3,(H,19,20). The van der Waals surface area contributed by atoms with Crippen molar-refractivity contribution in [2.24, 2.45) is 0 Å². The number of halogens is 2. The molecule has 0 saturated carbocycles. The minimum absolute atomic E-state index is 0.00248. The zero-order valence-corrected chi connectivity index (χ0v) is 12.7. The van der Waals surface area contributed by atoms with Crippen LogP contribution in [0.5, 0.6) is 0 Å². The van der Waals surface area contributed by atoms with E-state index in [1.54, 1.807) is 19.1 Å². The van der Waals surface area contributed by atoms with Crippen LogP contribution in [0.3, 0.4) is 0 Å². The van der Waals surface area contributed by atoms with Gasteiger partial charge in [-0.05, 0) is 49.2 Å². The van der Waals surface area contributed by atoms with Crippen molar-refractivity contribution >= 4 is 33.2 Å². The number of carbonyl (C=O) groups excluding carboxylic acids is 1. The van der Waals surface area contributed by atoms with E-state index in [-0.39, 0.29) is 5.56 Å². The van der Waals surface area contributed by atoms with E-state index in [2.05, 4.69) is 21.2 Å². The van der Waals surface area contributed by atoms with Gasteiger partial charge < -0.3 is 11.1 Å². The summed E-state index contributed by atoms with van der Waals surface area (Å²) in [6, 6.07) is 8.00. The van der Waals surface area contributed by atoms with E-state index in [4.69, 9.17) is 5.73 Å². The fourth-order valence-electron chi connectivity index (χ4n) is 1.92. The zero-order chi connectivity index (χ0) is 14.9. The summed E-state index contributed by atoms with van der Waals surface area (Å²) in [5.41, 5.74) is 8.36. The van der Waals surface area contributed by atoms with Crippen LogP contribution in [0, 0.1) is 19.7 Å². The van der Waals surface area contributed by atoms with Crippen LogP contribution in [-0.2, 0) is 0 Å². The highest BCUT2D eigenvalue weighted by Crippen LogP contribution is 2.28. The smallest absolute Gasteiger partial charge is 0.258 e. The summed E-state index contributed by atoms with van der Waals surface area (Å²) in [4.78, 5) is 12.1. The molecule has 20 heavy (non-hydrogen) atoms. The van der Waals surface area contributed by atoms with Crippen LogP contribution >= 0.6 is 15.9 Å². The molecule has 0 spiro atoms. The number of aryl methyl sites for hydroxylation is 2. The number of benzene rings is 2. The lowest BCUT2D eigenvalue weighted by atomic mass is 10.1. The second-order valence-corrected chi connectivity index (χ2v) is 5.54. The molecule has 0 fully saturated rings. The molecule has 3 nitrogen and oxygen atoms in total. The van der Waals surface area contributed by atoms with Crippen molar-refractivity contribution in [1.29, 1.82) is 0 Å². The van der Waals surface area contributed by atoms with Gasteiger partial charge in [-0.15, -0.1) is 0 Å². The topological polar surface area (TPSA) is 55.1 Å². The van der Waals surface area contributed by atoms with Gasteiger partial charge in [-0.3, -0.25) is 4.79 Å². The summed E-state index contributed by atoms with van der Waals surface area (Å²) < 4.78 is 14.6. The Morgan fingerprint density at radius 1 is 1.25 bits per heavy atom. The molecule has 0 bridgehead atoms. The van der Waals surface area contributed by atoms with Crippen LogP contribution in [-0.4, -0.2) is 5.91 Å². The minimum atomic E-state index is -0.546. The molecule has 3 N–H and O–H groups in total. The normalized spacial score (nSPS) is 10.4. The van der Waals surface area contributed by atoms with Gasteiger partial charge in [0, 0.05) is 4.47 Å². The lowest BCUT2D eigenvalue weighted by Gasteiger charge is -2.12. The van der Waals surface area contributed by atoms with E-state index in [1.807, 2.05) is 13.0 Å². The Kier molecular flexibility index (Phi) is 4.09. The zero-order valence-electron chi connectivity index (χ0n) is 11.1. The van der Waals surface area contributed by atoms with Crippen molar-refractivity contribution in [3.63, 3.8) is 0 Å². The van der Waals surface area contributed by atoms with Crippen LogP contribution < -0.4 is 11.1 Å². The highest BCUT2D eigenvalue weighted by Gasteiger charge is 2.14. The third-order valence-electron chi connectivity index (χ3n) is 2.94. The molecule has 0 saturated heterocycles. The number of nitrogen functional groups attached to an aromatic ring is 1. The monoisotopic (exact) mass is 336 g/mol. The first-order valence-corrected chi connectivity index (χ1v) is 6.81. The van der Waals surface area contributed by atoms with Gasteiger partial charge in [0.1, 0.15) is 5.82 Å². The summed E-state index contributed by atoms with van der Waals surface area (Å²) >= 11 is 3.33. The molecule has 5 heteroatoms. The largest absolute Gasteiger partial charge is 0.397 e. The second kappa shape index (κ2) is 5.63. The Morgan fingerprint density at radius 3 is 2.55 bits per heavy atom. The van der Waals surface area contributed by atoms with Crippen molar-refractivity contribution < 1.29 is 9.18 Å². The summed E-state index contributed by atoms with van der Waals surface area (Å²) in [5.74, 6) is -1.06. The van der Waals surface area contributed by atoms with E-state index >= 15 is 0 Å². The van der Waals surface area contributed by atoms with E-state index in [0.717, 1.165) is 15.6 Å². The van der Waals surface area contributed by atoms with Gasteiger partial charge in [0.2, 0.25) is 0 Å². The quantitative estimate of drug-likeness (QED) is 0.813. The highest BCUT2D eigenvalue weighted by molar-refractivity contribution is 9.10. The average molecular weight is 337 g/mol. The van der Waals surface area contributed by atoms with E-state index < -0.39 is 11.7 Å². The van der Waals surface area contributed by atoms with Gasteiger partial charge >= 0.3 is 0 Å². The van der Waals surface area contributed by atoms with Crippen LogP contribution in [0.2, 0.25) is 0 Å². The van der Waals surface area contributed by atoms with Gasteiger partial charge in [-0.25, -0.2) is 4.39 Å². The average Bonchev–Trinajstić information content (AvgIpc) is 2.33. The maximum absolute atomic E-state index is 13.8. The number of hydrogen-bond donors (Lipinski definition) is 2. The molecule has 0 aliphatic rings. The Bertz CT molecular complexity index is 663. The fourth-order valence-corrected chi connectivity index (χ4v) is 2.51. The molecular formula is C15H14BrFN2O. The predicted molar refractivity (Wildman–Crippen MR) is 82.4 cm³/mol. The Hall–Kier alpha value is -1.88. The SMILES string of the molecule is Cc1ccc(C(=O)Nc2c(C)cc(Br)cc2N)c(F)c1. The van der Waals surface area contributed by atoms with Gasteiger partial charge in [0.15, 0.2) is 0 Å². The Balaban J connectivity index is 2.33. The number of nitrogens with one attached hydrogen (secondary N) is 1. The van der Waals surface area contributed by atoms with Gasteiger partial charge in [-0.1, -0.05) is 22.0 Å². The molecule has 0 radical (unpaired) electrons.